The van der Waals surface area contributed by atoms with Gasteiger partial charge in [0.1, 0.15) is 0 Å². The standard InChI is InChI=1S/C11H19O3PS.C10H15BrS/c1-2-3-4-5-6-10-7-11(16-9-10)8-15(12,13)14;1-2-3-4-5-6-9-7-10(11)12-8-9/h7,9H,2-6,8H2,1H3,(H2,12,13,14);7-8H,2-6H2,1H3. The molecule has 0 aliphatic heterocycles. The van der Waals surface area contributed by atoms with E-state index in [1.54, 1.807) is 11.3 Å². The Hall–Kier alpha value is 0.0300. The lowest BCUT2D eigenvalue weighted by atomic mass is 10.1. The van der Waals surface area contributed by atoms with Crippen LogP contribution in [0.1, 0.15) is 81.2 Å². The summed E-state index contributed by atoms with van der Waals surface area (Å²) in [6, 6.07) is 4.16. The van der Waals surface area contributed by atoms with Crippen molar-refractivity contribution in [2.24, 2.45) is 0 Å². The van der Waals surface area contributed by atoms with E-state index >= 15 is 0 Å². The predicted molar refractivity (Wildman–Crippen MR) is 128 cm³/mol. The summed E-state index contributed by atoms with van der Waals surface area (Å²) in [7, 11) is -3.90. The van der Waals surface area contributed by atoms with E-state index in [1.807, 2.05) is 11.4 Å². The van der Waals surface area contributed by atoms with E-state index in [9.17, 15) is 4.57 Å². The zero-order valence-electron chi connectivity index (χ0n) is 17.0. The highest BCUT2D eigenvalue weighted by Gasteiger charge is 2.15. The Bertz CT molecular complexity index is 693. The Balaban J connectivity index is 0.000000292. The molecule has 2 heterocycles. The average molecular weight is 510 g/mol. The molecule has 2 N–H and O–H groups in total. The molecule has 3 nitrogen and oxygen atoms in total. The second-order valence-electron chi connectivity index (χ2n) is 7.12. The molecule has 7 heteroatoms. The van der Waals surface area contributed by atoms with E-state index in [-0.39, 0.29) is 6.16 Å². The molecule has 0 radical (unpaired) electrons. The first-order valence-electron chi connectivity index (χ1n) is 10.2. The normalized spacial score (nSPS) is 11.3. The summed E-state index contributed by atoms with van der Waals surface area (Å²) in [4.78, 5) is 18.5. The fourth-order valence-electron chi connectivity index (χ4n) is 2.83. The molecular formula is C21H34BrO3PS2. The Morgan fingerprint density at radius 3 is 1.86 bits per heavy atom. The number of hydrogen-bond donors (Lipinski definition) is 2. The first-order chi connectivity index (χ1) is 13.3. The van der Waals surface area contributed by atoms with Crippen molar-refractivity contribution >= 4 is 46.2 Å². The van der Waals surface area contributed by atoms with Crippen molar-refractivity contribution in [3.63, 3.8) is 0 Å². The molecule has 0 saturated carbocycles. The molecule has 2 aromatic heterocycles. The highest BCUT2D eigenvalue weighted by atomic mass is 79.9. The maximum atomic E-state index is 10.8. The predicted octanol–water partition coefficient (Wildman–Crippen LogP) is 8.18. The molecule has 0 fully saturated rings. The van der Waals surface area contributed by atoms with Gasteiger partial charge in [-0.15, -0.1) is 22.7 Å². The molecule has 0 atom stereocenters. The van der Waals surface area contributed by atoms with Crippen LogP contribution in [0.5, 0.6) is 0 Å². The first kappa shape index (κ1) is 26.1. The number of rotatable bonds is 12. The van der Waals surface area contributed by atoms with Crippen molar-refractivity contribution in [1.29, 1.82) is 0 Å². The monoisotopic (exact) mass is 508 g/mol. The maximum absolute atomic E-state index is 10.8. The molecule has 0 aliphatic carbocycles. The van der Waals surface area contributed by atoms with Crippen molar-refractivity contribution < 1.29 is 14.4 Å². The van der Waals surface area contributed by atoms with Crippen LogP contribution in [0.3, 0.4) is 0 Å². The number of hydrogen-bond acceptors (Lipinski definition) is 3. The van der Waals surface area contributed by atoms with Gasteiger partial charge in [-0.1, -0.05) is 52.4 Å². The molecule has 28 heavy (non-hydrogen) atoms. The minimum absolute atomic E-state index is 0.118. The lowest BCUT2D eigenvalue weighted by Crippen LogP contribution is -1.84. The lowest BCUT2D eigenvalue weighted by Gasteiger charge is -1.99. The minimum atomic E-state index is -3.90. The Morgan fingerprint density at radius 2 is 1.39 bits per heavy atom. The number of thiophene rings is 2. The van der Waals surface area contributed by atoms with Crippen LogP contribution in [0.4, 0.5) is 0 Å². The molecular weight excluding hydrogens is 475 g/mol. The summed E-state index contributed by atoms with van der Waals surface area (Å²) in [5, 5.41) is 4.26. The highest BCUT2D eigenvalue weighted by Crippen LogP contribution is 2.40. The Labute approximate surface area is 186 Å². The van der Waals surface area contributed by atoms with Crippen molar-refractivity contribution in [3.05, 3.63) is 42.7 Å². The van der Waals surface area contributed by atoms with E-state index in [4.69, 9.17) is 9.79 Å². The van der Waals surface area contributed by atoms with E-state index in [0.29, 0.717) is 0 Å². The largest absolute Gasteiger partial charge is 0.330 e. The van der Waals surface area contributed by atoms with Gasteiger partial charge in [-0.25, -0.2) is 0 Å². The second kappa shape index (κ2) is 14.9. The smallest absolute Gasteiger partial charge is 0.324 e. The lowest BCUT2D eigenvalue weighted by molar-refractivity contribution is 0.372. The molecule has 0 aliphatic rings. The van der Waals surface area contributed by atoms with Crippen LogP contribution in [0, 0.1) is 0 Å². The highest BCUT2D eigenvalue weighted by molar-refractivity contribution is 9.11. The van der Waals surface area contributed by atoms with E-state index in [1.165, 1.54) is 84.0 Å². The van der Waals surface area contributed by atoms with Crippen molar-refractivity contribution in [2.45, 2.75) is 84.2 Å². The number of aryl methyl sites for hydroxylation is 2. The third-order valence-electron chi connectivity index (χ3n) is 4.33. The van der Waals surface area contributed by atoms with Crippen LogP contribution >= 0.6 is 46.2 Å². The van der Waals surface area contributed by atoms with Crippen LogP contribution < -0.4 is 0 Å². The van der Waals surface area contributed by atoms with Gasteiger partial charge in [0.15, 0.2) is 0 Å². The molecule has 0 bridgehead atoms. The van der Waals surface area contributed by atoms with Crippen LogP contribution in [0.2, 0.25) is 0 Å². The Morgan fingerprint density at radius 1 is 0.857 bits per heavy atom. The third kappa shape index (κ3) is 13.3. The van der Waals surface area contributed by atoms with Crippen LogP contribution in [-0.2, 0) is 23.6 Å². The van der Waals surface area contributed by atoms with E-state index < -0.39 is 7.60 Å². The molecule has 0 amide bonds. The molecule has 0 unspecified atom stereocenters. The first-order valence-corrected chi connectivity index (χ1v) is 14.5. The number of halogens is 1. The molecule has 2 aromatic rings. The van der Waals surface area contributed by atoms with Gasteiger partial charge in [0.05, 0.1) is 9.95 Å². The van der Waals surface area contributed by atoms with Crippen LogP contribution in [-0.4, -0.2) is 9.79 Å². The van der Waals surface area contributed by atoms with Crippen molar-refractivity contribution in [1.82, 2.24) is 0 Å². The van der Waals surface area contributed by atoms with Gasteiger partial charge in [0.25, 0.3) is 0 Å². The van der Waals surface area contributed by atoms with Crippen molar-refractivity contribution in [2.75, 3.05) is 0 Å². The summed E-state index contributed by atoms with van der Waals surface area (Å²) in [5.41, 5.74) is 2.70. The van der Waals surface area contributed by atoms with E-state index in [0.717, 1.165) is 11.3 Å². The van der Waals surface area contributed by atoms with Gasteiger partial charge in [-0.2, -0.15) is 0 Å². The fourth-order valence-corrected chi connectivity index (χ4v) is 6.08. The van der Waals surface area contributed by atoms with Gasteiger partial charge in [-0.3, -0.25) is 4.57 Å². The van der Waals surface area contributed by atoms with Gasteiger partial charge in [0, 0.05) is 4.88 Å². The third-order valence-corrected chi connectivity index (χ3v) is 7.84. The van der Waals surface area contributed by atoms with Gasteiger partial charge < -0.3 is 9.79 Å². The van der Waals surface area contributed by atoms with Gasteiger partial charge in [0.2, 0.25) is 0 Å². The zero-order valence-corrected chi connectivity index (χ0v) is 21.1. The maximum Gasteiger partial charge on any atom is 0.330 e. The zero-order chi connectivity index (χ0) is 20.8. The Kier molecular flexibility index (Phi) is 13.9. The molecule has 0 spiro atoms. The van der Waals surface area contributed by atoms with Gasteiger partial charge >= 0.3 is 7.60 Å². The quantitative estimate of drug-likeness (QED) is 0.224. The average Bonchev–Trinajstić information content (AvgIpc) is 3.24. The second-order valence-corrected chi connectivity index (χ2v) is 12.1. The van der Waals surface area contributed by atoms with Gasteiger partial charge in [-0.05, 0) is 75.6 Å². The van der Waals surface area contributed by atoms with Crippen LogP contribution in [0.15, 0.2) is 26.7 Å². The molecule has 160 valence electrons. The summed E-state index contributed by atoms with van der Waals surface area (Å²) >= 11 is 6.71. The molecule has 0 aromatic carbocycles. The number of unbranched alkanes of at least 4 members (excludes halogenated alkanes) is 6. The topological polar surface area (TPSA) is 57.5 Å². The molecule has 2 rings (SSSR count). The van der Waals surface area contributed by atoms with Crippen molar-refractivity contribution in [3.8, 4) is 0 Å². The molecule has 0 saturated heterocycles. The van der Waals surface area contributed by atoms with Crippen LogP contribution in [0.25, 0.3) is 0 Å². The summed E-state index contributed by atoms with van der Waals surface area (Å²) in [6.45, 7) is 4.43. The summed E-state index contributed by atoms with van der Waals surface area (Å²) in [5.74, 6) is 0. The SMILES string of the molecule is CCCCCCc1csc(Br)c1.CCCCCCc1csc(CP(=O)(O)O)c1. The summed E-state index contributed by atoms with van der Waals surface area (Å²) < 4.78 is 12.1. The minimum Gasteiger partial charge on any atom is -0.324 e. The van der Waals surface area contributed by atoms with E-state index in [2.05, 4.69) is 41.2 Å². The fraction of sp³-hybridized carbons (Fsp3) is 0.619. The summed E-state index contributed by atoms with van der Waals surface area (Å²) in [6.07, 6.45) is 12.5.